The van der Waals surface area contributed by atoms with Crippen LogP contribution in [0.15, 0.2) is 54.6 Å². The monoisotopic (exact) mass is 296 g/mol. The Labute approximate surface area is 130 Å². The molecular formula is C18H20N2O2. The second-order valence-electron chi connectivity index (χ2n) is 5.45. The Morgan fingerprint density at radius 3 is 2.64 bits per heavy atom. The van der Waals surface area contributed by atoms with Gasteiger partial charge in [0.15, 0.2) is 0 Å². The van der Waals surface area contributed by atoms with E-state index >= 15 is 0 Å². The van der Waals surface area contributed by atoms with Crippen LogP contribution in [0.25, 0.3) is 0 Å². The molecule has 2 aromatic carbocycles. The molecule has 0 radical (unpaired) electrons. The summed E-state index contributed by atoms with van der Waals surface area (Å²) in [6.45, 7) is 0.475. The fraction of sp³-hybridized carbons (Fsp3) is 0.278. The van der Waals surface area contributed by atoms with Gasteiger partial charge < -0.3 is 15.4 Å². The molecule has 1 heterocycles. The van der Waals surface area contributed by atoms with E-state index in [0.717, 1.165) is 16.9 Å². The number of ether oxygens (including phenoxy) is 1. The van der Waals surface area contributed by atoms with Crippen LogP contribution in [0.4, 0.5) is 0 Å². The number of hydrogen-bond donors (Lipinski definition) is 2. The molecule has 1 aliphatic heterocycles. The number of fused-ring (bicyclic) bond motifs is 1. The van der Waals surface area contributed by atoms with E-state index in [1.807, 2.05) is 61.6 Å². The normalized spacial score (nSPS) is 19.9. The molecular weight excluding hydrogens is 276 g/mol. The maximum absolute atomic E-state index is 12.3. The molecule has 1 aliphatic rings. The summed E-state index contributed by atoms with van der Waals surface area (Å²) in [5, 5.41) is 6.37. The molecule has 0 fully saturated rings. The van der Waals surface area contributed by atoms with Gasteiger partial charge in [-0.15, -0.1) is 0 Å². The van der Waals surface area contributed by atoms with Gasteiger partial charge in [0, 0.05) is 5.56 Å². The lowest BCUT2D eigenvalue weighted by Crippen LogP contribution is -2.49. The number of para-hydroxylation sites is 1. The zero-order valence-electron chi connectivity index (χ0n) is 12.6. The van der Waals surface area contributed by atoms with Crippen molar-refractivity contribution >= 4 is 5.91 Å². The average Bonchev–Trinajstić information content (AvgIpc) is 2.55. The summed E-state index contributed by atoms with van der Waals surface area (Å²) >= 11 is 0. The third-order valence-electron chi connectivity index (χ3n) is 3.94. The molecule has 0 saturated heterocycles. The number of likely N-dealkylation sites (N-methyl/N-ethyl adjacent to an activating group) is 1. The van der Waals surface area contributed by atoms with Gasteiger partial charge in [-0.25, -0.2) is 0 Å². The first-order valence-corrected chi connectivity index (χ1v) is 7.50. The first kappa shape index (κ1) is 14.6. The van der Waals surface area contributed by atoms with Gasteiger partial charge in [0.2, 0.25) is 5.91 Å². The van der Waals surface area contributed by atoms with E-state index in [1.165, 1.54) is 0 Å². The Morgan fingerprint density at radius 1 is 1.14 bits per heavy atom. The van der Waals surface area contributed by atoms with E-state index in [9.17, 15) is 4.79 Å². The Balaban J connectivity index is 1.69. The summed E-state index contributed by atoms with van der Waals surface area (Å²) in [6, 6.07) is 17.7. The first-order chi connectivity index (χ1) is 10.8. The van der Waals surface area contributed by atoms with Crippen LogP contribution in [-0.2, 0) is 11.2 Å². The molecule has 2 aromatic rings. The Kier molecular flexibility index (Phi) is 4.39. The van der Waals surface area contributed by atoms with Gasteiger partial charge in [-0.1, -0.05) is 48.5 Å². The van der Waals surface area contributed by atoms with Crippen LogP contribution in [0.3, 0.4) is 0 Å². The minimum Gasteiger partial charge on any atom is -0.491 e. The van der Waals surface area contributed by atoms with Gasteiger partial charge in [0.1, 0.15) is 12.4 Å². The predicted molar refractivity (Wildman–Crippen MR) is 85.8 cm³/mol. The SMILES string of the molecule is CNC1c2ccccc2OCC1NC(=O)Cc1ccccc1. The van der Waals surface area contributed by atoms with Crippen LogP contribution in [0.1, 0.15) is 17.2 Å². The number of amides is 1. The number of nitrogens with one attached hydrogen (secondary N) is 2. The molecule has 2 unspecified atom stereocenters. The molecule has 0 saturated carbocycles. The Hall–Kier alpha value is -2.33. The van der Waals surface area contributed by atoms with Crippen LogP contribution in [-0.4, -0.2) is 25.6 Å². The topological polar surface area (TPSA) is 50.4 Å². The molecule has 22 heavy (non-hydrogen) atoms. The lowest BCUT2D eigenvalue weighted by Gasteiger charge is -2.33. The molecule has 0 aliphatic carbocycles. The van der Waals surface area contributed by atoms with E-state index in [2.05, 4.69) is 10.6 Å². The van der Waals surface area contributed by atoms with Crippen LogP contribution in [0, 0.1) is 0 Å². The number of rotatable bonds is 4. The van der Waals surface area contributed by atoms with Crippen molar-refractivity contribution in [2.24, 2.45) is 0 Å². The highest BCUT2D eigenvalue weighted by atomic mass is 16.5. The molecule has 2 atom stereocenters. The van der Waals surface area contributed by atoms with E-state index in [-0.39, 0.29) is 18.0 Å². The number of hydrogen-bond acceptors (Lipinski definition) is 3. The van der Waals surface area contributed by atoms with Crippen molar-refractivity contribution in [2.45, 2.75) is 18.5 Å². The molecule has 4 nitrogen and oxygen atoms in total. The molecule has 114 valence electrons. The molecule has 2 N–H and O–H groups in total. The van der Waals surface area contributed by atoms with E-state index in [0.29, 0.717) is 13.0 Å². The largest absolute Gasteiger partial charge is 0.491 e. The van der Waals surface area contributed by atoms with Crippen LogP contribution in [0.5, 0.6) is 5.75 Å². The zero-order chi connectivity index (χ0) is 15.4. The fourth-order valence-corrected chi connectivity index (χ4v) is 2.88. The summed E-state index contributed by atoms with van der Waals surface area (Å²) in [5.74, 6) is 0.898. The standard InChI is InChI=1S/C18H20N2O2/c1-19-18-14-9-5-6-10-16(14)22-12-15(18)20-17(21)11-13-7-3-2-4-8-13/h2-10,15,18-19H,11-12H2,1H3,(H,20,21). The second kappa shape index (κ2) is 6.62. The Morgan fingerprint density at radius 2 is 1.86 bits per heavy atom. The average molecular weight is 296 g/mol. The lowest BCUT2D eigenvalue weighted by molar-refractivity contribution is -0.121. The van der Waals surface area contributed by atoms with E-state index < -0.39 is 0 Å². The van der Waals surface area contributed by atoms with Gasteiger partial charge in [-0.3, -0.25) is 4.79 Å². The third-order valence-corrected chi connectivity index (χ3v) is 3.94. The maximum Gasteiger partial charge on any atom is 0.224 e. The van der Waals surface area contributed by atoms with Crippen molar-refractivity contribution in [3.8, 4) is 5.75 Å². The minimum atomic E-state index is -0.0730. The van der Waals surface area contributed by atoms with Crippen molar-refractivity contribution in [3.05, 3.63) is 65.7 Å². The highest BCUT2D eigenvalue weighted by molar-refractivity contribution is 5.79. The van der Waals surface area contributed by atoms with Gasteiger partial charge >= 0.3 is 0 Å². The second-order valence-corrected chi connectivity index (χ2v) is 5.45. The van der Waals surface area contributed by atoms with Crippen molar-refractivity contribution < 1.29 is 9.53 Å². The molecule has 0 bridgehead atoms. The maximum atomic E-state index is 12.3. The molecule has 0 aromatic heterocycles. The fourth-order valence-electron chi connectivity index (χ4n) is 2.88. The number of carbonyl (C=O) groups is 1. The summed E-state index contributed by atoms with van der Waals surface area (Å²) in [7, 11) is 1.91. The van der Waals surface area contributed by atoms with E-state index in [1.54, 1.807) is 0 Å². The van der Waals surface area contributed by atoms with Gasteiger partial charge in [0.05, 0.1) is 18.5 Å². The lowest BCUT2D eigenvalue weighted by atomic mass is 9.96. The number of carbonyl (C=O) groups excluding carboxylic acids is 1. The quantitative estimate of drug-likeness (QED) is 0.908. The third kappa shape index (κ3) is 3.12. The van der Waals surface area contributed by atoms with Gasteiger partial charge in [0.25, 0.3) is 0 Å². The molecule has 4 heteroatoms. The molecule has 0 spiro atoms. The summed E-state index contributed by atoms with van der Waals surface area (Å²) in [4.78, 5) is 12.3. The van der Waals surface area contributed by atoms with Crippen molar-refractivity contribution in [2.75, 3.05) is 13.7 Å². The highest BCUT2D eigenvalue weighted by Crippen LogP contribution is 2.31. The highest BCUT2D eigenvalue weighted by Gasteiger charge is 2.30. The summed E-state index contributed by atoms with van der Waals surface area (Å²) < 4.78 is 5.76. The van der Waals surface area contributed by atoms with Crippen molar-refractivity contribution in [3.63, 3.8) is 0 Å². The Bertz CT molecular complexity index is 643. The van der Waals surface area contributed by atoms with Crippen molar-refractivity contribution in [1.82, 2.24) is 10.6 Å². The smallest absolute Gasteiger partial charge is 0.224 e. The van der Waals surface area contributed by atoms with E-state index in [4.69, 9.17) is 4.74 Å². The first-order valence-electron chi connectivity index (χ1n) is 7.50. The van der Waals surface area contributed by atoms with Crippen LogP contribution >= 0.6 is 0 Å². The minimum absolute atomic E-state index is 0.0134. The number of benzene rings is 2. The summed E-state index contributed by atoms with van der Waals surface area (Å²) in [6.07, 6.45) is 0.384. The van der Waals surface area contributed by atoms with Crippen LogP contribution < -0.4 is 15.4 Å². The van der Waals surface area contributed by atoms with Crippen molar-refractivity contribution in [1.29, 1.82) is 0 Å². The van der Waals surface area contributed by atoms with Crippen LogP contribution in [0.2, 0.25) is 0 Å². The van der Waals surface area contributed by atoms with Gasteiger partial charge in [-0.05, 0) is 18.7 Å². The molecule has 3 rings (SSSR count). The zero-order valence-corrected chi connectivity index (χ0v) is 12.6. The molecule has 1 amide bonds. The predicted octanol–water partition coefficient (Wildman–Crippen LogP) is 2.07. The van der Waals surface area contributed by atoms with Gasteiger partial charge in [-0.2, -0.15) is 0 Å². The summed E-state index contributed by atoms with van der Waals surface area (Å²) in [5.41, 5.74) is 2.10.